The highest BCUT2D eigenvalue weighted by Gasteiger charge is 2.10. The number of oxazole rings is 1. The van der Waals surface area contributed by atoms with Gasteiger partial charge in [-0.3, -0.25) is 9.78 Å². The molecule has 0 aliphatic rings. The summed E-state index contributed by atoms with van der Waals surface area (Å²) < 4.78 is 11.2. The van der Waals surface area contributed by atoms with Crippen LogP contribution in [0.4, 0.5) is 5.69 Å². The average Bonchev–Trinajstić information content (AvgIpc) is 3.11. The molecule has 0 atom stereocenters. The van der Waals surface area contributed by atoms with E-state index in [1.54, 1.807) is 54.9 Å². The molecule has 0 aliphatic heterocycles. The van der Waals surface area contributed by atoms with Gasteiger partial charge < -0.3 is 14.5 Å². The number of anilines is 1. The highest BCUT2D eigenvalue weighted by molar-refractivity contribution is 6.32. The number of carbonyl (C=O) groups is 1. The number of aromatic nitrogens is 2. The van der Waals surface area contributed by atoms with E-state index in [0.717, 1.165) is 5.56 Å². The van der Waals surface area contributed by atoms with Gasteiger partial charge in [0.25, 0.3) is 5.91 Å². The molecular formula is C20H14ClN3O3. The summed E-state index contributed by atoms with van der Waals surface area (Å²) in [5.74, 6) is 0.660. The van der Waals surface area contributed by atoms with E-state index in [0.29, 0.717) is 33.4 Å². The van der Waals surface area contributed by atoms with Crippen molar-refractivity contribution in [2.75, 3.05) is 11.9 Å². The van der Waals surface area contributed by atoms with E-state index in [2.05, 4.69) is 15.3 Å². The fourth-order valence-corrected chi connectivity index (χ4v) is 2.72. The summed E-state index contributed by atoms with van der Waals surface area (Å²) in [5.41, 5.74) is 2.71. The molecule has 4 rings (SSSR count). The Balaban J connectivity index is 1.46. The van der Waals surface area contributed by atoms with E-state index in [1.165, 1.54) is 0 Å². The number of carbonyl (C=O) groups excluding carboxylic acids is 1. The molecule has 0 saturated heterocycles. The number of amides is 1. The molecular weight excluding hydrogens is 366 g/mol. The van der Waals surface area contributed by atoms with Crippen molar-refractivity contribution in [1.82, 2.24) is 9.97 Å². The lowest BCUT2D eigenvalue weighted by Gasteiger charge is -2.08. The van der Waals surface area contributed by atoms with Gasteiger partial charge in [-0.15, -0.1) is 0 Å². The Morgan fingerprint density at radius 2 is 1.93 bits per heavy atom. The molecule has 6 nitrogen and oxygen atoms in total. The topological polar surface area (TPSA) is 77.2 Å². The third-order valence-electron chi connectivity index (χ3n) is 3.79. The van der Waals surface area contributed by atoms with Crippen LogP contribution in [-0.4, -0.2) is 22.5 Å². The molecule has 134 valence electrons. The van der Waals surface area contributed by atoms with Gasteiger partial charge in [-0.2, -0.15) is 0 Å². The van der Waals surface area contributed by atoms with E-state index in [1.807, 2.05) is 12.1 Å². The zero-order valence-electron chi connectivity index (χ0n) is 14.1. The molecule has 27 heavy (non-hydrogen) atoms. The Bertz CT molecular complexity index is 1100. The van der Waals surface area contributed by atoms with E-state index in [9.17, 15) is 4.79 Å². The number of hydrogen-bond donors (Lipinski definition) is 1. The molecule has 2 aromatic heterocycles. The summed E-state index contributed by atoms with van der Waals surface area (Å²) in [4.78, 5) is 20.6. The minimum absolute atomic E-state index is 0.150. The van der Waals surface area contributed by atoms with Gasteiger partial charge in [0.15, 0.2) is 12.2 Å². The standard InChI is InChI=1S/C20H14ClN3O3/c21-15-3-1-2-4-17(15)26-12-19(25)23-14-5-6-18-16(11-14)24-20(27-18)13-7-9-22-10-8-13/h1-11H,12H2,(H,23,25). The maximum absolute atomic E-state index is 12.1. The number of hydrogen-bond acceptors (Lipinski definition) is 5. The van der Waals surface area contributed by atoms with Gasteiger partial charge in [-0.05, 0) is 42.5 Å². The van der Waals surface area contributed by atoms with Crippen LogP contribution in [-0.2, 0) is 4.79 Å². The molecule has 2 aromatic carbocycles. The van der Waals surface area contributed by atoms with Crippen LogP contribution in [0.15, 0.2) is 71.4 Å². The number of nitrogens with one attached hydrogen (secondary N) is 1. The smallest absolute Gasteiger partial charge is 0.262 e. The Labute approximate surface area is 159 Å². The van der Waals surface area contributed by atoms with E-state index >= 15 is 0 Å². The van der Waals surface area contributed by atoms with Crippen LogP contribution < -0.4 is 10.1 Å². The largest absolute Gasteiger partial charge is 0.482 e. The van der Waals surface area contributed by atoms with Gasteiger partial charge in [-0.25, -0.2) is 4.98 Å². The van der Waals surface area contributed by atoms with Gasteiger partial charge in [-0.1, -0.05) is 23.7 Å². The first-order valence-electron chi connectivity index (χ1n) is 8.17. The highest BCUT2D eigenvalue weighted by atomic mass is 35.5. The van der Waals surface area contributed by atoms with Gasteiger partial charge in [0.05, 0.1) is 5.02 Å². The second-order valence-corrected chi connectivity index (χ2v) is 6.11. The fourth-order valence-electron chi connectivity index (χ4n) is 2.53. The van der Waals surface area contributed by atoms with Gasteiger partial charge in [0, 0.05) is 23.6 Å². The van der Waals surface area contributed by atoms with Crippen molar-refractivity contribution in [3.63, 3.8) is 0 Å². The summed E-state index contributed by atoms with van der Waals surface area (Å²) in [6.45, 7) is -0.150. The highest BCUT2D eigenvalue weighted by Crippen LogP contribution is 2.26. The van der Waals surface area contributed by atoms with Crippen LogP contribution in [0.3, 0.4) is 0 Å². The lowest BCUT2D eigenvalue weighted by molar-refractivity contribution is -0.118. The number of ether oxygens (including phenoxy) is 1. The molecule has 2 heterocycles. The molecule has 1 amide bonds. The SMILES string of the molecule is O=C(COc1ccccc1Cl)Nc1ccc2oc(-c3ccncc3)nc2c1. The van der Waals surface area contributed by atoms with Gasteiger partial charge in [0.2, 0.25) is 5.89 Å². The molecule has 0 radical (unpaired) electrons. The van der Waals surface area contributed by atoms with Crippen molar-refractivity contribution in [3.05, 3.63) is 72.0 Å². The zero-order valence-corrected chi connectivity index (χ0v) is 14.8. The summed E-state index contributed by atoms with van der Waals surface area (Å²) in [6.07, 6.45) is 3.35. The van der Waals surface area contributed by atoms with E-state index in [-0.39, 0.29) is 12.5 Å². The van der Waals surface area contributed by atoms with Crippen molar-refractivity contribution >= 4 is 34.3 Å². The zero-order chi connectivity index (χ0) is 18.6. The second kappa shape index (κ2) is 7.47. The number of pyridine rings is 1. The van der Waals surface area contributed by atoms with Crippen LogP contribution in [0.1, 0.15) is 0 Å². The van der Waals surface area contributed by atoms with Crippen LogP contribution in [0, 0.1) is 0 Å². The lowest BCUT2D eigenvalue weighted by atomic mass is 10.2. The monoisotopic (exact) mass is 379 g/mol. The first kappa shape index (κ1) is 17.1. The van der Waals surface area contributed by atoms with Crippen molar-refractivity contribution in [1.29, 1.82) is 0 Å². The van der Waals surface area contributed by atoms with Crippen LogP contribution in [0.5, 0.6) is 5.75 Å². The van der Waals surface area contributed by atoms with Gasteiger partial charge in [0.1, 0.15) is 11.3 Å². The number of halogens is 1. The normalized spacial score (nSPS) is 10.7. The van der Waals surface area contributed by atoms with Crippen LogP contribution in [0.2, 0.25) is 5.02 Å². The number of benzene rings is 2. The maximum atomic E-state index is 12.1. The molecule has 7 heteroatoms. The summed E-state index contributed by atoms with van der Waals surface area (Å²) in [5, 5.41) is 3.23. The summed E-state index contributed by atoms with van der Waals surface area (Å²) in [6, 6.07) is 15.9. The predicted octanol–water partition coefficient (Wildman–Crippen LogP) is 4.56. The van der Waals surface area contributed by atoms with E-state index in [4.69, 9.17) is 20.8 Å². The maximum Gasteiger partial charge on any atom is 0.262 e. The van der Waals surface area contributed by atoms with Gasteiger partial charge >= 0.3 is 0 Å². The molecule has 0 aliphatic carbocycles. The molecule has 4 aromatic rings. The van der Waals surface area contributed by atoms with Crippen molar-refractivity contribution in [2.24, 2.45) is 0 Å². The van der Waals surface area contributed by atoms with E-state index < -0.39 is 0 Å². The first-order chi connectivity index (χ1) is 13.2. The molecule has 0 bridgehead atoms. The predicted molar refractivity (Wildman–Crippen MR) is 103 cm³/mol. The number of fused-ring (bicyclic) bond motifs is 1. The third kappa shape index (κ3) is 3.91. The summed E-state index contributed by atoms with van der Waals surface area (Å²) >= 11 is 6.01. The van der Waals surface area contributed by atoms with Crippen molar-refractivity contribution < 1.29 is 13.9 Å². The molecule has 0 fully saturated rings. The Morgan fingerprint density at radius 3 is 2.74 bits per heavy atom. The first-order valence-corrected chi connectivity index (χ1v) is 8.55. The second-order valence-electron chi connectivity index (χ2n) is 5.70. The fraction of sp³-hybridized carbons (Fsp3) is 0.0500. The third-order valence-corrected chi connectivity index (χ3v) is 4.11. The van der Waals surface area contributed by atoms with Crippen molar-refractivity contribution in [2.45, 2.75) is 0 Å². The average molecular weight is 380 g/mol. The lowest BCUT2D eigenvalue weighted by Crippen LogP contribution is -2.20. The number of nitrogens with zero attached hydrogens (tertiary/aromatic N) is 2. The molecule has 1 N–H and O–H groups in total. The van der Waals surface area contributed by atoms with Crippen LogP contribution in [0.25, 0.3) is 22.6 Å². The van der Waals surface area contributed by atoms with Crippen molar-refractivity contribution in [3.8, 4) is 17.2 Å². The minimum Gasteiger partial charge on any atom is -0.482 e. The molecule has 0 spiro atoms. The number of rotatable bonds is 5. The molecule has 0 saturated carbocycles. The quantitative estimate of drug-likeness (QED) is 0.550. The Kier molecular flexibility index (Phi) is 4.72. The van der Waals surface area contributed by atoms with Crippen LogP contribution >= 0.6 is 11.6 Å². The minimum atomic E-state index is -0.299. The molecule has 0 unspecified atom stereocenters. The summed E-state index contributed by atoms with van der Waals surface area (Å²) in [7, 11) is 0. The Hall–Kier alpha value is -3.38. The Morgan fingerprint density at radius 1 is 1.11 bits per heavy atom. The number of para-hydroxylation sites is 1.